The van der Waals surface area contributed by atoms with Gasteiger partial charge in [0.25, 0.3) is 0 Å². The average Bonchev–Trinajstić information content (AvgIpc) is 2.03. The van der Waals surface area contributed by atoms with E-state index in [0.717, 1.165) is 6.42 Å². The summed E-state index contributed by atoms with van der Waals surface area (Å²) in [5.74, 6) is 6.44. The summed E-state index contributed by atoms with van der Waals surface area (Å²) >= 11 is 0. The van der Waals surface area contributed by atoms with Gasteiger partial charge in [-0.2, -0.15) is 0 Å². The predicted molar refractivity (Wildman–Crippen MR) is 59.0 cm³/mol. The Bertz CT molecular complexity index is 159. The molecule has 2 N–H and O–H groups in total. The maximum absolute atomic E-state index is 5.84. The summed E-state index contributed by atoms with van der Waals surface area (Å²) in [6, 6.07) is 0.380. The van der Waals surface area contributed by atoms with Crippen LogP contribution < -0.4 is 5.84 Å². The summed E-state index contributed by atoms with van der Waals surface area (Å²) in [7, 11) is 0. The summed E-state index contributed by atoms with van der Waals surface area (Å²) < 4.78 is 0. The average molecular weight is 184 g/mol. The summed E-state index contributed by atoms with van der Waals surface area (Å²) in [6.07, 6.45) is 4.44. The van der Waals surface area contributed by atoms with E-state index in [-0.39, 0.29) is 0 Å². The zero-order valence-corrected chi connectivity index (χ0v) is 9.67. The third kappa shape index (κ3) is 4.94. The zero-order valence-electron chi connectivity index (χ0n) is 9.67. The molecule has 78 valence electrons. The van der Waals surface area contributed by atoms with E-state index in [9.17, 15) is 0 Å². The minimum atomic E-state index is 0.380. The van der Waals surface area contributed by atoms with Gasteiger partial charge in [-0.3, -0.25) is 0 Å². The van der Waals surface area contributed by atoms with Crippen LogP contribution in [-0.2, 0) is 0 Å². The van der Waals surface area contributed by atoms with Crippen LogP contribution in [0.15, 0.2) is 11.8 Å². The molecule has 0 bridgehead atoms. The normalized spacial score (nSPS) is 12.8. The van der Waals surface area contributed by atoms with Gasteiger partial charge in [-0.05, 0) is 26.2 Å². The van der Waals surface area contributed by atoms with E-state index in [1.54, 1.807) is 5.01 Å². The molecule has 0 aromatic carbocycles. The maximum Gasteiger partial charge on any atom is 0.0389 e. The molecule has 0 saturated carbocycles. The molecule has 0 atom stereocenters. The van der Waals surface area contributed by atoms with Crippen molar-refractivity contribution in [3.05, 3.63) is 11.8 Å². The molecule has 13 heavy (non-hydrogen) atoms. The van der Waals surface area contributed by atoms with Crippen molar-refractivity contribution >= 4 is 0 Å². The minimum Gasteiger partial charge on any atom is -0.316 e. The van der Waals surface area contributed by atoms with Crippen molar-refractivity contribution in [2.24, 2.45) is 11.8 Å². The molecule has 0 fully saturated rings. The monoisotopic (exact) mass is 184 g/mol. The quantitative estimate of drug-likeness (QED) is 0.526. The van der Waals surface area contributed by atoms with Gasteiger partial charge in [0.2, 0.25) is 0 Å². The standard InChI is InChI=1S/C11H24N2/c1-6-7-11(9(2)3)8-13(12)10(4)5/h8-10H,6-7,12H2,1-5H3/b11-8+. The van der Waals surface area contributed by atoms with Crippen LogP contribution in [0.5, 0.6) is 0 Å². The van der Waals surface area contributed by atoms with Crippen LogP contribution >= 0.6 is 0 Å². The molecule has 0 radical (unpaired) electrons. The van der Waals surface area contributed by atoms with Crippen LogP contribution in [0, 0.1) is 5.92 Å². The van der Waals surface area contributed by atoms with Crippen LogP contribution in [0.4, 0.5) is 0 Å². The number of rotatable bonds is 5. The molecule has 2 nitrogen and oxygen atoms in total. The van der Waals surface area contributed by atoms with E-state index in [1.165, 1.54) is 12.0 Å². The molecule has 0 amide bonds. The zero-order chi connectivity index (χ0) is 10.4. The fourth-order valence-electron chi connectivity index (χ4n) is 1.13. The molecule has 0 heterocycles. The van der Waals surface area contributed by atoms with Crippen LogP contribution in [0.3, 0.4) is 0 Å². The topological polar surface area (TPSA) is 29.3 Å². The second kappa shape index (κ2) is 6.03. The second-order valence-corrected chi connectivity index (χ2v) is 4.15. The molecule has 2 heteroatoms. The van der Waals surface area contributed by atoms with E-state index >= 15 is 0 Å². The van der Waals surface area contributed by atoms with Crippen LogP contribution in [0.25, 0.3) is 0 Å². The molecule has 0 spiro atoms. The molecule has 0 rings (SSSR count). The van der Waals surface area contributed by atoms with Crippen molar-refractivity contribution in [1.29, 1.82) is 0 Å². The lowest BCUT2D eigenvalue weighted by Crippen LogP contribution is -2.32. The van der Waals surface area contributed by atoms with E-state index in [2.05, 4.69) is 40.8 Å². The Morgan fingerprint density at radius 3 is 2.15 bits per heavy atom. The van der Waals surface area contributed by atoms with E-state index in [4.69, 9.17) is 5.84 Å². The lowest BCUT2D eigenvalue weighted by atomic mass is 10.00. The Morgan fingerprint density at radius 2 is 1.85 bits per heavy atom. The molecule has 0 aliphatic carbocycles. The first-order valence-electron chi connectivity index (χ1n) is 5.22. The Labute approximate surface area is 82.8 Å². The number of hydrazine groups is 1. The Balaban J connectivity index is 4.33. The van der Waals surface area contributed by atoms with Crippen molar-refractivity contribution in [1.82, 2.24) is 5.01 Å². The lowest BCUT2D eigenvalue weighted by molar-refractivity contribution is 0.317. The van der Waals surface area contributed by atoms with E-state index < -0.39 is 0 Å². The van der Waals surface area contributed by atoms with Crippen LogP contribution in [0.1, 0.15) is 47.5 Å². The summed E-state index contributed by atoms with van der Waals surface area (Å²) in [4.78, 5) is 0. The van der Waals surface area contributed by atoms with Crippen molar-refractivity contribution in [3.8, 4) is 0 Å². The summed E-state index contributed by atoms with van der Waals surface area (Å²) in [5, 5.41) is 1.80. The first-order chi connectivity index (χ1) is 5.99. The number of nitrogens with two attached hydrogens (primary N) is 1. The highest BCUT2D eigenvalue weighted by molar-refractivity contribution is 5.03. The van der Waals surface area contributed by atoms with Crippen molar-refractivity contribution in [2.75, 3.05) is 0 Å². The van der Waals surface area contributed by atoms with Crippen LogP contribution in [0.2, 0.25) is 0 Å². The summed E-state index contributed by atoms with van der Waals surface area (Å²) in [6.45, 7) is 10.8. The van der Waals surface area contributed by atoms with Gasteiger partial charge in [-0.15, -0.1) is 0 Å². The highest BCUT2D eigenvalue weighted by atomic mass is 15.4. The first kappa shape index (κ1) is 12.5. The Hall–Kier alpha value is -0.500. The Morgan fingerprint density at radius 1 is 1.31 bits per heavy atom. The fourth-order valence-corrected chi connectivity index (χ4v) is 1.13. The maximum atomic E-state index is 5.84. The van der Waals surface area contributed by atoms with Crippen molar-refractivity contribution < 1.29 is 0 Å². The van der Waals surface area contributed by atoms with Gasteiger partial charge in [0.1, 0.15) is 0 Å². The van der Waals surface area contributed by atoms with Gasteiger partial charge in [-0.1, -0.05) is 32.8 Å². The van der Waals surface area contributed by atoms with Crippen LogP contribution in [-0.4, -0.2) is 11.1 Å². The number of allylic oxidation sites excluding steroid dienone is 1. The smallest absolute Gasteiger partial charge is 0.0389 e. The van der Waals surface area contributed by atoms with Gasteiger partial charge in [0, 0.05) is 12.2 Å². The lowest BCUT2D eigenvalue weighted by Gasteiger charge is -2.21. The molecular weight excluding hydrogens is 160 g/mol. The van der Waals surface area contributed by atoms with E-state index in [1.807, 2.05) is 0 Å². The van der Waals surface area contributed by atoms with E-state index in [0.29, 0.717) is 12.0 Å². The van der Waals surface area contributed by atoms with Gasteiger partial charge < -0.3 is 5.01 Å². The SMILES string of the molecule is CCC/C(=C\N(N)C(C)C)C(C)C. The number of hydrogen-bond donors (Lipinski definition) is 1. The van der Waals surface area contributed by atoms with Gasteiger partial charge in [0.15, 0.2) is 0 Å². The molecule has 0 aliphatic rings. The third-order valence-corrected chi connectivity index (χ3v) is 2.19. The number of nitrogens with zero attached hydrogens (tertiary/aromatic N) is 1. The molecule has 0 saturated heterocycles. The Kier molecular flexibility index (Phi) is 5.80. The fraction of sp³-hybridized carbons (Fsp3) is 0.818. The van der Waals surface area contributed by atoms with Gasteiger partial charge in [-0.25, -0.2) is 5.84 Å². The van der Waals surface area contributed by atoms with Crippen molar-refractivity contribution in [3.63, 3.8) is 0 Å². The predicted octanol–water partition coefficient (Wildman–Crippen LogP) is 2.91. The minimum absolute atomic E-state index is 0.380. The molecule has 0 aromatic rings. The number of hydrogen-bond acceptors (Lipinski definition) is 2. The first-order valence-corrected chi connectivity index (χ1v) is 5.22. The van der Waals surface area contributed by atoms with Crippen molar-refractivity contribution in [2.45, 2.75) is 53.5 Å². The second-order valence-electron chi connectivity index (χ2n) is 4.15. The molecular formula is C11H24N2. The summed E-state index contributed by atoms with van der Waals surface area (Å²) in [5.41, 5.74) is 1.44. The molecule has 0 aliphatic heterocycles. The molecule has 0 unspecified atom stereocenters. The van der Waals surface area contributed by atoms with Gasteiger partial charge >= 0.3 is 0 Å². The third-order valence-electron chi connectivity index (χ3n) is 2.19. The highest BCUT2D eigenvalue weighted by Gasteiger charge is 2.05. The molecule has 0 aromatic heterocycles. The van der Waals surface area contributed by atoms with Gasteiger partial charge in [0.05, 0.1) is 0 Å². The highest BCUT2D eigenvalue weighted by Crippen LogP contribution is 2.16. The largest absolute Gasteiger partial charge is 0.316 e.